The van der Waals surface area contributed by atoms with Crippen molar-refractivity contribution in [3.05, 3.63) is 137 Å². The largest absolute Gasteiger partial charge is 0.310 e. The zero-order valence-corrected chi connectivity index (χ0v) is 28.5. The van der Waals surface area contributed by atoms with Gasteiger partial charge in [0.15, 0.2) is 0 Å². The van der Waals surface area contributed by atoms with E-state index in [1.165, 1.54) is 111 Å². The van der Waals surface area contributed by atoms with Gasteiger partial charge in [-0.05, 0) is 130 Å². The Labute approximate surface area is 276 Å². The number of hydrogen-bond donors (Lipinski definition) is 0. The van der Waals surface area contributed by atoms with E-state index in [4.69, 9.17) is 0 Å². The van der Waals surface area contributed by atoms with Crippen LogP contribution in [0.4, 0.5) is 17.1 Å². The minimum Gasteiger partial charge on any atom is -0.310 e. The van der Waals surface area contributed by atoms with Gasteiger partial charge in [0.05, 0.1) is 11.4 Å². The summed E-state index contributed by atoms with van der Waals surface area (Å²) in [4.78, 5) is 2.61. The third-order valence-corrected chi connectivity index (χ3v) is 11.7. The highest BCUT2D eigenvalue weighted by Gasteiger charge is 2.41. The van der Waals surface area contributed by atoms with Crippen LogP contribution in [0.1, 0.15) is 101 Å². The van der Waals surface area contributed by atoms with E-state index in [9.17, 15) is 0 Å². The highest BCUT2D eigenvalue weighted by atomic mass is 15.1. The quantitative estimate of drug-likeness (QED) is 0.198. The van der Waals surface area contributed by atoms with E-state index in [1.807, 2.05) is 0 Å². The van der Waals surface area contributed by atoms with Crippen molar-refractivity contribution in [2.45, 2.75) is 96.3 Å². The monoisotopic (exact) mass is 601 g/mol. The SMILES string of the molecule is CC1(C)CCC(C)(C)c2c(N(c3ccccc3)c3cc4c(cc3-c3ccc5c(c3)CCCC5)-c3ccccc3C4(C)C)cccc21. The molecule has 1 nitrogen and oxygen atoms in total. The van der Waals surface area contributed by atoms with Gasteiger partial charge in [-0.1, -0.05) is 114 Å². The van der Waals surface area contributed by atoms with Crippen LogP contribution in [0.5, 0.6) is 0 Å². The summed E-state index contributed by atoms with van der Waals surface area (Å²) in [6.45, 7) is 14.6. The van der Waals surface area contributed by atoms with Crippen LogP contribution >= 0.6 is 0 Å². The maximum Gasteiger partial charge on any atom is 0.0543 e. The summed E-state index contributed by atoms with van der Waals surface area (Å²) in [5.74, 6) is 0. The number of rotatable bonds is 4. The number of nitrogens with zero attached hydrogens (tertiary/aromatic N) is 1. The van der Waals surface area contributed by atoms with Crippen LogP contribution in [0.25, 0.3) is 22.3 Å². The fourth-order valence-electron chi connectivity index (χ4n) is 8.92. The van der Waals surface area contributed by atoms with E-state index in [1.54, 1.807) is 0 Å². The van der Waals surface area contributed by atoms with Gasteiger partial charge in [0.2, 0.25) is 0 Å². The number of benzene rings is 5. The summed E-state index contributed by atoms with van der Waals surface area (Å²) in [5.41, 5.74) is 18.2. The molecular weight excluding hydrogens is 555 g/mol. The Kier molecular flexibility index (Phi) is 6.67. The maximum absolute atomic E-state index is 2.61. The zero-order chi connectivity index (χ0) is 31.8. The fourth-order valence-corrected chi connectivity index (χ4v) is 8.92. The summed E-state index contributed by atoms with van der Waals surface area (Å²) in [5, 5.41) is 0. The molecule has 5 aromatic carbocycles. The molecule has 232 valence electrons. The highest BCUT2D eigenvalue weighted by molar-refractivity contribution is 5.95. The zero-order valence-electron chi connectivity index (χ0n) is 28.5. The van der Waals surface area contributed by atoms with E-state index in [0.29, 0.717) is 0 Å². The summed E-state index contributed by atoms with van der Waals surface area (Å²) in [6, 6.07) is 39.7. The number of para-hydroxylation sites is 1. The molecule has 0 heterocycles. The first kappa shape index (κ1) is 29.3. The van der Waals surface area contributed by atoms with E-state index >= 15 is 0 Å². The Morgan fingerprint density at radius 2 is 1.20 bits per heavy atom. The van der Waals surface area contributed by atoms with Crippen LogP contribution in [-0.4, -0.2) is 0 Å². The molecule has 0 aromatic heterocycles. The molecule has 0 atom stereocenters. The molecule has 0 saturated heterocycles. The molecule has 3 aliphatic rings. The van der Waals surface area contributed by atoms with Crippen LogP contribution in [0.15, 0.2) is 103 Å². The molecule has 0 spiro atoms. The van der Waals surface area contributed by atoms with Gasteiger partial charge in [-0.25, -0.2) is 0 Å². The maximum atomic E-state index is 2.61. The van der Waals surface area contributed by atoms with Crippen LogP contribution in [0, 0.1) is 0 Å². The fraction of sp³-hybridized carbons (Fsp3) is 0.333. The van der Waals surface area contributed by atoms with Crippen LogP contribution < -0.4 is 4.90 Å². The van der Waals surface area contributed by atoms with E-state index in [0.717, 1.165) is 0 Å². The van der Waals surface area contributed by atoms with E-state index in [2.05, 4.69) is 150 Å². The minimum atomic E-state index is -0.0885. The van der Waals surface area contributed by atoms with Crippen LogP contribution in [0.2, 0.25) is 0 Å². The molecule has 0 radical (unpaired) electrons. The van der Waals surface area contributed by atoms with Crippen molar-refractivity contribution in [3.63, 3.8) is 0 Å². The molecule has 8 rings (SSSR count). The smallest absolute Gasteiger partial charge is 0.0543 e. The number of aryl methyl sites for hydroxylation is 2. The Balaban J connectivity index is 1.46. The van der Waals surface area contributed by atoms with Gasteiger partial charge in [-0.2, -0.15) is 0 Å². The Morgan fingerprint density at radius 1 is 0.500 bits per heavy atom. The van der Waals surface area contributed by atoms with E-state index in [-0.39, 0.29) is 16.2 Å². The standard InChI is InChI=1S/C45H47N/c1-43(2)25-26-44(3,4)42-38(43)21-14-22-40(42)46(33-17-8-7-9-18-33)41-29-39-36(34-19-12-13-20-37(34)45(39,5)6)28-35(41)32-24-23-30-15-10-11-16-31(30)27-32/h7-9,12-14,17-24,27-29H,10-11,15-16,25-26H2,1-6H3. The first-order valence-corrected chi connectivity index (χ1v) is 17.5. The van der Waals surface area contributed by atoms with Crippen molar-refractivity contribution in [2.75, 3.05) is 4.90 Å². The molecule has 0 unspecified atom stereocenters. The molecule has 1 heteroatoms. The van der Waals surface area contributed by atoms with Crippen molar-refractivity contribution in [3.8, 4) is 22.3 Å². The highest BCUT2D eigenvalue weighted by Crippen LogP contribution is 2.56. The summed E-state index contributed by atoms with van der Waals surface area (Å²) >= 11 is 0. The van der Waals surface area contributed by atoms with Crippen molar-refractivity contribution in [1.82, 2.24) is 0 Å². The van der Waals surface area contributed by atoms with Gasteiger partial charge < -0.3 is 4.90 Å². The molecule has 46 heavy (non-hydrogen) atoms. The third kappa shape index (κ3) is 4.49. The Morgan fingerprint density at radius 3 is 2.00 bits per heavy atom. The molecule has 0 fully saturated rings. The topological polar surface area (TPSA) is 3.24 Å². The predicted molar refractivity (Wildman–Crippen MR) is 196 cm³/mol. The summed E-state index contributed by atoms with van der Waals surface area (Å²) in [7, 11) is 0. The average Bonchev–Trinajstić information content (AvgIpc) is 3.29. The van der Waals surface area contributed by atoms with E-state index < -0.39 is 0 Å². The number of hydrogen-bond acceptors (Lipinski definition) is 1. The normalized spacial score (nSPS) is 18.2. The lowest BCUT2D eigenvalue weighted by Crippen LogP contribution is -2.35. The summed E-state index contributed by atoms with van der Waals surface area (Å²) in [6.07, 6.45) is 7.34. The molecule has 0 N–H and O–H groups in total. The molecular formula is C45H47N. The second-order valence-electron chi connectivity index (χ2n) is 15.9. The van der Waals surface area contributed by atoms with Gasteiger partial charge in [-0.15, -0.1) is 0 Å². The van der Waals surface area contributed by atoms with Crippen molar-refractivity contribution in [2.24, 2.45) is 0 Å². The lowest BCUT2D eigenvalue weighted by Gasteiger charge is -2.45. The van der Waals surface area contributed by atoms with Crippen molar-refractivity contribution < 1.29 is 0 Å². The molecule has 0 aliphatic heterocycles. The predicted octanol–water partition coefficient (Wildman–Crippen LogP) is 12.4. The second-order valence-corrected chi connectivity index (χ2v) is 15.9. The molecule has 3 aliphatic carbocycles. The summed E-state index contributed by atoms with van der Waals surface area (Å²) < 4.78 is 0. The van der Waals surface area contributed by atoms with Gasteiger partial charge in [0.1, 0.15) is 0 Å². The average molecular weight is 602 g/mol. The van der Waals surface area contributed by atoms with Gasteiger partial charge in [0.25, 0.3) is 0 Å². The first-order valence-electron chi connectivity index (χ1n) is 17.5. The van der Waals surface area contributed by atoms with Crippen LogP contribution in [0.3, 0.4) is 0 Å². The molecule has 0 saturated carbocycles. The Bertz CT molecular complexity index is 1970. The number of fused-ring (bicyclic) bond motifs is 5. The van der Waals surface area contributed by atoms with Crippen LogP contribution in [-0.2, 0) is 29.1 Å². The van der Waals surface area contributed by atoms with Gasteiger partial charge in [-0.3, -0.25) is 0 Å². The Hall–Kier alpha value is -4.10. The third-order valence-electron chi connectivity index (χ3n) is 11.7. The minimum absolute atomic E-state index is 0.0622. The van der Waals surface area contributed by atoms with Crippen molar-refractivity contribution >= 4 is 17.1 Å². The number of anilines is 3. The molecule has 5 aromatic rings. The lowest BCUT2D eigenvalue weighted by atomic mass is 9.62. The van der Waals surface area contributed by atoms with Gasteiger partial charge in [0, 0.05) is 16.7 Å². The molecule has 0 bridgehead atoms. The second kappa shape index (κ2) is 10.5. The lowest BCUT2D eigenvalue weighted by molar-refractivity contribution is 0.332. The molecule has 0 amide bonds. The van der Waals surface area contributed by atoms with Crippen molar-refractivity contribution in [1.29, 1.82) is 0 Å². The first-order chi connectivity index (χ1) is 22.1. The van der Waals surface area contributed by atoms with Gasteiger partial charge >= 0.3 is 0 Å².